The van der Waals surface area contributed by atoms with Crippen molar-refractivity contribution in [3.63, 3.8) is 0 Å². The van der Waals surface area contributed by atoms with E-state index in [1.807, 2.05) is 0 Å². The summed E-state index contributed by atoms with van der Waals surface area (Å²) in [5.41, 5.74) is 0.805. The van der Waals surface area contributed by atoms with Crippen molar-refractivity contribution in [3.05, 3.63) is 101 Å². The second-order valence-corrected chi connectivity index (χ2v) is 6.13. The van der Waals surface area contributed by atoms with Gasteiger partial charge in [-0.25, -0.2) is 13.2 Å². The molecular weight excluding hydrogens is 383 g/mol. The highest BCUT2D eigenvalue weighted by molar-refractivity contribution is 5.93. The van der Waals surface area contributed by atoms with Gasteiger partial charge in [-0.1, -0.05) is 60.7 Å². The van der Waals surface area contributed by atoms with E-state index < -0.39 is 47.5 Å². The SMILES string of the molecule is O=C(COC(=O)C(c1ccccc1)c1ccccc1)Nc1ccc(F)c(F)c1F. The molecule has 0 spiro atoms. The van der Waals surface area contributed by atoms with E-state index >= 15 is 0 Å². The number of carbonyl (C=O) groups is 2. The molecule has 1 amide bonds. The minimum absolute atomic E-state index is 0.549. The van der Waals surface area contributed by atoms with Crippen molar-refractivity contribution in [2.45, 2.75) is 5.92 Å². The summed E-state index contributed by atoms with van der Waals surface area (Å²) in [7, 11) is 0. The van der Waals surface area contributed by atoms with Gasteiger partial charge in [-0.3, -0.25) is 9.59 Å². The molecule has 148 valence electrons. The van der Waals surface area contributed by atoms with E-state index in [9.17, 15) is 22.8 Å². The van der Waals surface area contributed by atoms with Crippen LogP contribution in [0.25, 0.3) is 0 Å². The Kier molecular flexibility index (Phi) is 6.29. The number of hydrogen-bond acceptors (Lipinski definition) is 3. The maximum absolute atomic E-state index is 13.7. The van der Waals surface area contributed by atoms with E-state index in [4.69, 9.17) is 4.74 Å². The number of halogens is 3. The van der Waals surface area contributed by atoms with Gasteiger partial charge in [0.25, 0.3) is 5.91 Å². The zero-order valence-corrected chi connectivity index (χ0v) is 15.1. The first-order valence-corrected chi connectivity index (χ1v) is 8.67. The van der Waals surface area contributed by atoms with Crippen LogP contribution in [0.15, 0.2) is 72.8 Å². The van der Waals surface area contributed by atoms with Gasteiger partial charge in [0, 0.05) is 0 Å². The number of ether oxygens (including phenoxy) is 1. The molecule has 0 aromatic heterocycles. The lowest BCUT2D eigenvalue weighted by atomic mass is 9.91. The maximum Gasteiger partial charge on any atom is 0.318 e. The molecule has 0 atom stereocenters. The summed E-state index contributed by atoms with van der Waals surface area (Å²) in [4.78, 5) is 24.7. The van der Waals surface area contributed by atoms with Gasteiger partial charge in [-0.05, 0) is 23.3 Å². The molecule has 0 bridgehead atoms. The van der Waals surface area contributed by atoms with Crippen LogP contribution in [0.4, 0.5) is 18.9 Å². The molecule has 1 N–H and O–H groups in total. The quantitative estimate of drug-likeness (QED) is 0.493. The molecule has 29 heavy (non-hydrogen) atoms. The predicted octanol–water partition coefficient (Wildman–Crippen LogP) is 4.42. The number of nitrogens with one attached hydrogen (secondary N) is 1. The first-order valence-electron chi connectivity index (χ1n) is 8.67. The Hall–Kier alpha value is -3.61. The van der Waals surface area contributed by atoms with Crippen LogP contribution < -0.4 is 5.32 Å². The largest absolute Gasteiger partial charge is 0.455 e. The molecule has 0 saturated carbocycles. The van der Waals surface area contributed by atoms with Crippen molar-refractivity contribution >= 4 is 17.6 Å². The fraction of sp³-hybridized carbons (Fsp3) is 0.0909. The van der Waals surface area contributed by atoms with Crippen molar-refractivity contribution in [1.82, 2.24) is 0 Å². The highest BCUT2D eigenvalue weighted by atomic mass is 19.2. The van der Waals surface area contributed by atoms with Gasteiger partial charge in [0.1, 0.15) is 5.92 Å². The molecule has 0 fully saturated rings. The topological polar surface area (TPSA) is 55.4 Å². The second-order valence-electron chi connectivity index (χ2n) is 6.13. The molecule has 7 heteroatoms. The molecule has 3 rings (SSSR count). The Morgan fingerprint density at radius 3 is 1.90 bits per heavy atom. The lowest BCUT2D eigenvalue weighted by Gasteiger charge is -2.17. The first-order chi connectivity index (χ1) is 14.0. The molecule has 0 aliphatic carbocycles. The number of rotatable bonds is 6. The van der Waals surface area contributed by atoms with E-state index in [0.29, 0.717) is 17.2 Å². The van der Waals surface area contributed by atoms with Gasteiger partial charge in [0.15, 0.2) is 24.1 Å². The second kappa shape index (κ2) is 9.05. The van der Waals surface area contributed by atoms with Gasteiger partial charge in [0.05, 0.1) is 5.69 Å². The van der Waals surface area contributed by atoms with Crippen molar-refractivity contribution in [2.75, 3.05) is 11.9 Å². The summed E-state index contributed by atoms with van der Waals surface area (Å²) in [6.45, 7) is -0.715. The van der Waals surface area contributed by atoms with Crippen LogP contribution in [0.1, 0.15) is 17.0 Å². The molecule has 0 aliphatic rings. The van der Waals surface area contributed by atoms with Crippen LogP contribution in [0, 0.1) is 17.5 Å². The number of anilines is 1. The zero-order chi connectivity index (χ0) is 20.8. The Balaban J connectivity index is 1.71. The lowest BCUT2D eigenvalue weighted by Crippen LogP contribution is -2.25. The molecule has 3 aromatic rings. The van der Waals surface area contributed by atoms with Crippen LogP contribution in [0.2, 0.25) is 0 Å². The number of amides is 1. The standard InChI is InChI=1S/C22H16F3NO3/c23-16-11-12-17(21(25)20(16)24)26-18(27)13-29-22(28)19(14-7-3-1-4-8-14)15-9-5-2-6-10-15/h1-12,19H,13H2,(H,26,27). The number of esters is 1. The molecule has 4 nitrogen and oxygen atoms in total. The molecular formula is C22H16F3NO3. The van der Waals surface area contributed by atoms with Gasteiger partial charge in [-0.15, -0.1) is 0 Å². The van der Waals surface area contributed by atoms with Crippen LogP contribution >= 0.6 is 0 Å². The highest BCUT2D eigenvalue weighted by Crippen LogP contribution is 2.26. The van der Waals surface area contributed by atoms with Gasteiger partial charge < -0.3 is 10.1 Å². The molecule has 0 aliphatic heterocycles. The Bertz CT molecular complexity index is 971. The van der Waals surface area contributed by atoms with Crippen molar-refractivity contribution in [2.24, 2.45) is 0 Å². The Morgan fingerprint density at radius 1 is 0.793 bits per heavy atom. The van der Waals surface area contributed by atoms with E-state index in [0.717, 1.165) is 6.07 Å². The monoisotopic (exact) mass is 399 g/mol. The van der Waals surface area contributed by atoms with Gasteiger partial charge in [0.2, 0.25) is 0 Å². The summed E-state index contributed by atoms with van der Waals surface area (Å²) in [5.74, 6) is -6.93. The van der Waals surface area contributed by atoms with Gasteiger partial charge in [-0.2, -0.15) is 0 Å². The molecule has 0 unspecified atom stereocenters. The lowest BCUT2D eigenvalue weighted by molar-refractivity contribution is -0.147. The minimum atomic E-state index is -1.70. The molecule has 3 aromatic carbocycles. The fourth-order valence-electron chi connectivity index (χ4n) is 2.78. The normalized spacial score (nSPS) is 10.6. The average molecular weight is 399 g/mol. The number of benzene rings is 3. The summed E-state index contributed by atoms with van der Waals surface area (Å²) >= 11 is 0. The van der Waals surface area contributed by atoms with Crippen LogP contribution in [-0.2, 0) is 14.3 Å². The maximum atomic E-state index is 13.7. The smallest absolute Gasteiger partial charge is 0.318 e. The summed E-state index contributed by atoms with van der Waals surface area (Å²) in [6.07, 6.45) is 0. The van der Waals surface area contributed by atoms with Crippen molar-refractivity contribution < 1.29 is 27.5 Å². The van der Waals surface area contributed by atoms with E-state index in [1.165, 1.54) is 0 Å². The molecule has 0 heterocycles. The summed E-state index contributed by atoms with van der Waals surface area (Å²) < 4.78 is 45.0. The number of carbonyl (C=O) groups excluding carboxylic acids is 2. The van der Waals surface area contributed by atoms with Crippen molar-refractivity contribution in [1.29, 1.82) is 0 Å². The Labute approximate surface area is 164 Å². The average Bonchev–Trinajstić information content (AvgIpc) is 2.74. The molecule has 0 saturated heterocycles. The van der Waals surface area contributed by atoms with E-state index in [2.05, 4.69) is 5.32 Å². The van der Waals surface area contributed by atoms with Gasteiger partial charge >= 0.3 is 5.97 Å². The summed E-state index contributed by atoms with van der Waals surface area (Å²) in [6, 6.07) is 19.3. The molecule has 0 radical (unpaired) electrons. The van der Waals surface area contributed by atoms with E-state index in [1.54, 1.807) is 60.7 Å². The zero-order valence-electron chi connectivity index (χ0n) is 15.1. The third-order valence-electron chi connectivity index (χ3n) is 4.16. The third kappa shape index (κ3) is 4.82. The Morgan fingerprint density at radius 2 is 1.34 bits per heavy atom. The minimum Gasteiger partial charge on any atom is -0.455 e. The van der Waals surface area contributed by atoms with E-state index in [-0.39, 0.29) is 0 Å². The third-order valence-corrected chi connectivity index (χ3v) is 4.16. The number of hydrogen-bond donors (Lipinski definition) is 1. The van der Waals surface area contributed by atoms with Crippen LogP contribution in [0.5, 0.6) is 0 Å². The first kappa shape index (κ1) is 20.1. The summed E-state index contributed by atoms with van der Waals surface area (Å²) in [5, 5.41) is 2.05. The highest BCUT2D eigenvalue weighted by Gasteiger charge is 2.25. The van der Waals surface area contributed by atoms with Crippen LogP contribution in [-0.4, -0.2) is 18.5 Å². The van der Waals surface area contributed by atoms with Crippen LogP contribution in [0.3, 0.4) is 0 Å². The predicted molar refractivity (Wildman–Crippen MR) is 101 cm³/mol. The van der Waals surface area contributed by atoms with Crippen molar-refractivity contribution in [3.8, 4) is 0 Å². The fourth-order valence-corrected chi connectivity index (χ4v) is 2.78.